The number of benzene rings is 1. The summed E-state index contributed by atoms with van der Waals surface area (Å²) in [5, 5.41) is 15.0. The Morgan fingerprint density at radius 3 is 2.37 bits per heavy atom. The highest BCUT2D eigenvalue weighted by Gasteiger charge is 2.47. The molecule has 7 heteroatoms. The Morgan fingerprint density at radius 2 is 1.78 bits per heavy atom. The normalized spacial score (nSPS) is 19.0. The number of nitro groups is 1. The summed E-state index contributed by atoms with van der Waals surface area (Å²) in [4.78, 5) is 37.3. The van der Waals surface area contributed by atoms with Gasteiger partial charge in [-0.2, -0.15) is 0 Å². The standard InChI is InChI=1S/C20H21N3O4/c1-20(2)10-13(24)15(14(25)11-20)16-17(12-6-4-3-5-7-12)22-9-8-21-19(22)18(16)23(26)27/h3-7,15,21H,8-11H2,1-2H3. The fraction of sp³-hybridized carbons (Fsp3) is 0.400. The van der Waals surface area contributed by atoms with Gasteiger partial charge in [-0.15, -0.1) is 0 Å². The van der Waals surface area contributed by atoms with E-state index in [1.807, 2.05) is 48.7 Å². The summed E-state index contributed by atoms with van der Waals surface area (Å²) in [5.41, 5.74) is 1.08. The molecule has 2 heterocycles. The first kappa shape index (κ1) is 17.5. The molecule has 4 rings (SSSR count). The van der Waals surface area contributed by atoms with Crippen molar-refractivity contribution in [1.82, 2.24) is 4.57 Å². The molecule has 1 aromatic heterocycles. The first-order valence-corrected chi connectivity index (χ1v) is 9.05. The van der Waals surface area contributed by atoms with E-state index in [1.165, 1.54) is 0 Å². The minimum Gasteiger partial charge on any atom is -0.364 e. The lowest BCUT2D eigenvalue weighted by Crippen LogP contribution is -2.36. The first-order chi connectivity index (χ1) is 12.8. The van der Waals surface area contributed by atoms with Crippen molar-refractivity contribution in [2.75, 3.05) is 11.9 Å². The molecule has 1 aromatic carbocycles. The molecule has 1 N–H and O–H groups in total. The van der Waals surface area contributed by atoms with Crippen LogP contribution < -0.4 is 5.32 Å². The van der Waals surface area contributed by atoms with E-state index in [2.05, 4.69) is 5.32 Å². The number of ketones is 2. The molecule has 2 aromatic rings. The van der Waals surface area contributed by atoms with Gasteiger partial charge >= 0.3 is 5.69 Å². The smallest absolute Gasteiger partial charge is 0.316 e. The Morgan fingerprint density at radius 1 is 1.15 bits per heavy atom. The second-order valence-corrected chi connectivity index (χ2v) is 8.04. The van der Waals surface area contributed by atoms with E-state index >= 15 is 0 Å². The quantitative estimate of drug-likeness (QED) is 0.509. The second-order valence-electron chi connectivity index (χ2n) is 8.04. The highest BCUT2D eigenvalue weighted by Crippen LogP contribution is 2.49. The molecule has 1 saturated carbocycles. The molecule has 2 aliphatic rings. The number of aromatic nitrogens is 1. The Hall–Kier alpha value is -2.96. The Kier molecular flexibility index (Phi) is 3.91. The fourth-order valence-electron chi connectivity index (χ4n) is 4.39. The van der Waals surface area contributed by atoms with Crippen LogP contribution in [0.15, 0.2) is 30.3 Å². The maximum Gasteiger partial charge on any atom is 0.316 e. The third-order valence-electron chi connectivity index (χ3n) is 5.37. The topological polar surface area (TPSA) is 94.2 Å². The molecule has 0 bridgehead atoms. The van der Waals surface area contributed by atoms with Gasteiger partial charge in [0.05, 0.1) is 16.2 Å². The number of hydrogen-bond donors (Lipinski definition) is 1. The number of rotatable bonds is 3. The predicted molar refractivity (Wildman–Crippen MR) is 101 cm³/mol. The zero-order valence-electron chi connectivity index (χ0n) is 15.3. The van der Waals surface area contributed by atoms with Crippen LogP contribution in [0.5, 0.6) is 0 Å². The number of carbonyl (C=O) groups is 2. The molecular formula is C20H21N3O4. The zero-order chi connectivity index (χ0) is 19.3. The van der Waals surface area contributed by atoms with Crippen LogP contribution in [-0.4, -0.2) is 27.6 Å². The first-order valence-electron chi connectivity index (χ1n) is 9.05. The van der Waals surface area contributed by atoms with Crippen molar-refractivity contribution >= 4 is 23.1 Å². The van der Waals surface area contributed by atoms with Gasteiger partial charge in [0.2, 0.25) is 0 Å². The summed E-state index contributed by atoms with van der Waals surface area (Å²) in [6.07, 6.45) is 0.478. The van der Waals surface area contributed by atoms with Crippen molar-refractivity contribution < 1.29 is 14.5 Å². The molecule has 0 atom stereocenters. The largest absolute Gasteiger partial charge is 0.364 e. The Bertz CT molecular complexity index is 939. The van der Waals surface area contributed by atoms with Gasteiger partial charge in [0, 0.05) is 25.9 Å². The molecule has 140 valence electrons. The van der Waals surface area contributed by atoms with Crippen LogP contribution in [0.1, 0.15) is 38.2 Å². The molecule has 0 spiro atoms. The SMILES string of the molecule is CC1(C)CC(=O)C(c2c([N+](=O)[O-])c3n(c2-c2ccccc2)CCN3)C(=O)C1. The summed E-state index contributed by atoms with van der Waals surface area (Å²) < 4.78 is 1.84. The van der Waals surface area contributed by atoms with E-state index in [9.17, 15) is 19.7 Å². The second kappa shape index (κ2) is 6.04. The Labute approximate surface area is 156 Å². The highest BCUT2D eigenvalue weighted by atomic mass is 16.6. The van der Waals surface area contributed by atoms with Crippen molar-refractivity contribution in [3.63, 3.8) is 0 Å². The fourth-order valence-corrected chi connectivity index (χ4v) is 4.39. The molecule has 0 saturated heterocycles. The number of hydrogen-bond acceptors (Lipinski definition) is 5. The van der Waals surface area contributed by atoms with Crippen molar-refractivity contribution in [1.29, 1.82) is 0 Å². The van der Waals surface area contributed by atoms with E-state index in [0.29, 0.717) is 24.6 Å². The van der Waals surface area contributed by atoms with Gasteiger partial charge in [0.1, 0.15) is 17.5 Å². The minimum atomic E-state index is -1.08. The summed E-state index contributed by atoms with van der Waals surface area (Å²) in [6.45, 7) is 4.90. The molecule has 7 nitrogen and oxygen atoms in total. The molecule has 27 heavy (non-hydrogen) atoms. The van der Waals surface area contributed by atoms with Crippen LogP contribution in [0.4, 0.5) is 11.5 Å². The van der Waals surface area contributed by atoms with Gasteiger partial charge in [0.25, 0.3) is 0 Å². The van der Waals surface area contributed by atoms with Crippen LogP contribution in [0.3, 0.4) is 0 Å². The van der Waals surface area contributed by atoms with E-state index in [0.717, 1.165) is 5.56 Å². The lowest BCUT2D eigenvalue weighted by molar-refractivity contribution is -0.384. The van der Waals surface area contributed by atoms with E-state index < -0.39 is 16.3 Å². The molecule has 1 aliphatic heterocycles. The lowest BCUT2D eigenvalue weighted by atomic mass is 9.69. The molecule has 0 radical (unpaired) electrons. The molecule has 0 amide bonds. The minimum absolute atomic E-state index is 0.141. The molecule has 1 aliphatic carbocycles. The van der Waals surface area contributed by atoms with Gasteiger partial charge in [-0.05, 0) is 11.0 Å². The van der Waals surface area contributed by atoms with Gasteiger partial charge in [0.15, 0.2) is 5.82 Å². The van der Waals surface area contributed by atoms with Crippen LogP contribution >= 0.6 is 0 Å². The number of nitrogens with zero attached hydrogens (tertiary/aromatic N) is 2. The maximum atomic E-state index is 12.9. The highest BCUT2D eigenvalue weighted by molar-refractivity contribution is 6.12. The molecular weight excluding hydrogens is 346 g/mol. The number of fused-ring (bicyclic) bond motifs is 1. The third kappa shape index (κ3) is 2.74. The average Bonchev–Trinajstić information content (AvgIpc) is 3.13. The number of nitrogens with one attached hydrogen (secondary N) is 1. The average molecular weight is 367 g/mol. The summed E-state index contributed by atoms with van der Waals surface area (Å²) >= 11 is 0. The molecule has 1 fully saturated rings. The van der Waals surface area contributed by atoms with Gasteiger partial charge in [-0.1, -0.05) is 44.2 Å². The summed E-state index contributed by atoms with van der Waals surface area (Å²) in [7, 11) is 0. The Balaban J connectivity index is 1.99. The van der Waals surface area contributed by atoms with Crippen LogP contribution in [-0.2, 0) is 16.1 Å². The van der Waals surface area contributed by atoms with E-state index in [-0.39, 0.29) is 35.7 Å². The zero-order valence-corrected chi connectivity index (χ0v) is 15.3. The molecule has 0 unspecified atom stereocenters. The van der Waals surface area contributed by atoms with Crippen LogP contribution in [0, 0.1) is 15.5 Å². The summed E-state index contributed by atoms with van der Waals surface area (Å²) in [5.74, 6) is -1.16. The van der Waals surface area contributed by atoms with Crippen molar-refractivity contribution in [3.8, 4) is 11.3 Å². The maximum absolute atomic E-state index is 12.9. The number of anilines is 1. The number of Topliss-reactive ketones (excluding diaryl/α,β-unsaturated/α-hetero) is 2. The van der Waals surface area contributed by atoms with Crippen LogP contribution in [0.2, 0.25) is 0 Å². The lowest BCUT2D eigenvalue weighted by Gasteiger charge is -2.32. The summed E-state index contributed by atoms with van der Waals surface area (Å²) in [6, 6.07) is 9.27. The number of carbonyl (C=O) groups excluding carboxylic acids is 2. The van der Waals surface area contributed by atoms with Crippen molar-refractivity contribution in [3.05, 3.63) is 46.0 Å². The van der Waals surface area contributed by atoms with Gasteiger partial charge in [-0.25, -0.2) is 0 Å². The van der Waals surface area contributed by atoms with E-state index in [1.54, 1.807) is 0 Å². The van der Waals surface area contributed by atoms with Gasteiger partial charge in [-0.3, -0.25) is 19.7 Å². The van der Waals surface area contributed by atoms with Crippen LogP contribution in [0.25, 0.3) is 11.3 Å². The predicted octanol–water partition coefficient (Wildman–Crippen LogP) is 3.53. The van der Waals surface area contributed by atoms with E-state index in [4.69, 9.17) is 0 Å². The van der Waals surface area contributed by atoms with Crippen molar-refractivity contribution in [2.24, 2.45) is 5.41 Å². The monoisotopic (exact) mass is 367 g/mol. The van der Waals surface area contributed by atoms with Gasteiger partial charge < -0.3 is 9.88 Å². The third-order valence-corrected chi connectivity index (χ3v) is 5.37. The van der Waals surface area contributed by atoms with Crippen molar-refractivity contribution in [2.45, 2.75) is 39.2 Å².